The number of carbonyl (C=O) groups excluding carboxylic acids is 1. The van der Waals surface area contributed by atoms with Crippen molar-refractivity contribution < 1.29 is 13.2 Å². The summed E-state index contributed by atoms with van der Waals surface area (Å²) in [4.78, 5) is 12.4. The fourth-order valence-corrected chi connectivity index (χ4v) is 4.27. The molecule has 2 aromatic carbocycles. The van der Waals surface area contributed by atoms with Crippen LogP contribution in [0.25, 0.3) is 0 Å². The Kier molecular flexibility index (Phi) is 5.00. The molecule has 1 N–H and O–H groups in total. The minimum absolute atomic E-state index is 0.0102. The Balaban J connectivity index is 1.80. The van der Waals surface area contributed by atoms with Gasteiger partial charge in [0, 0.05) is 22.4 Å². The van der Waals surface area contributed by atoms with Crippen LogP contribution in [0.4, 0.5) is 0 Å². The van der Waals surface area contributed by atoms with Crippen molar-refractivity contribution in [2.45, 2.75) is 11.4 Å². The van der Waals surface area contributed by atoms with Crippen LogP contribution in [0.1, 0.15) is 15.9 Å². The molecule has 0 unspecified atom stereocenters. The van der Waals surface area contributed by atoms with E-state index in [2.05, 4.69) is 25.8 Å². The molecule has 0 aliphatic rings. The number of sulfonamides is 1. The van der Waals surface area contributed by atoms with E-state index in [1.807, 2.05) is 12.3 Å². The van der Waals surface area contributed by atoms with Crippen LogP contribution in [0.15, 0.2) is 76.4 Å². The molecule has 25 heavy (non-hydrogen) atoms. The summed E-state index contributed by atoms with van der Waals surface area (Å²) in [6, 6.07) is 14.9. The van der Waals surface area contributed by atoms with Gasteiger partial charge < -0.3 is 0 Å². The summed E-state index contributed by atoms with van der Waals surface area (Å²) in [5, 5.41) is 4.11. The lowest BCUT2D eigenvalue weighted by molar-refractivity contribution is 0.0981. The zero-order valence-electron chi connectivity index (χ0n) is 13.0. The molecule has 3 rings (SSSR count). The van der Waals surface area contributed by atoms with Crippen molar-refractivity contribution in [3.8, 4) is 0 Å². The predicted octanol–water partition coefficient (Wildman–Crippen LogP) is 2.81. The van der Waals surface area contributed by atoms with Crippen molar-refractivity contribution in [3.63, 3.8) is 0 Å². The molecule has 0 fully saturated rings. The highest BCUT2D eigenvalue weighted by Crippen LogP contribution is 2.21. The first kappa shape index (κ1) is 17.4. The van der Waals surface area contributed by atoms with Crippen molar-refractivity contribution in [1.29, 1.82) is 0 Å². The first-order valence-electron chi connectivity index (χ1n) is 7.34. The summed E-state index contributed by atoms with van der Waals surface area (Å²) in [5.41, 5.74) is 1.11. The molecule has 0 spiro atoms. The quantitative estimate of drug-likeness (QED) is 0.689. The number of halogens is 1. The molecule has 0 aliphatic heterocycles. The number of nitrogens with one attached hydrogen (secondary N) is 1. The van der Waals surface area contributed by atoms with Crippen molar-refractivity contribution in [3.05, 3.63) is 82.6 Å². The zero-order chi connectivity index (χ0) is 17.9. The molecule has 128 valence electrons. The van der Waals surface area contributed by atoms with E-state index in [9.17, 15) is 13.2 Å². The van der Waals surface area contributed by atoms with E-state index in [4.69, 9.17) is 0 Å². The summed E-state index contributed by atoms with van der Waals surface area (Å²) in [5.74, 6) is -0.682. The second-order valence-electron chi connectivity index (χ2n) is 5.27. The summed E-state index contributed by atoms with van der Waals surface area (Å²) < 4.78 is 29.0. The van der Waals surface area contributed by atoms with Gasteiger partial charge in [0.25, 0.3) is 15.9 Å². The maximum atomic E-state index is 12.4. The number of hydrogen-bond acceptors (Lipinski definition) is 4. The molecular formula is C17H14BrN3O3S. The van der Waals surface area contributed by atoms with Crippen LogP contribution >= 0.6 is 15.9 Å². The minimum atomic E-state index is -3.97. The van der Waals surface area contributed by atoms with E-state index in [1.165, 1.54) is 6.07 Å². The molecule has 0 bridgehead atoms. The smallest absolute Gasteiger partial charge is 0.265 e. The summed E-state index contributed by atoms with van der Waals surface area (Å²) in [6.07, 6.45) is 3.48. The molecule has 0 saturated carbocycles. The van der Waals surface area contributed by atoms with Gasteiger partial charge in [-0.2, -0.15) is 5.10 Å². The first-order valence-corrected chi connectivity index (χ1v) is 9.61. The number of benzene rings is 2. The van der Waals surface area contributed by atoms with E-state index >= 15 is 0 Å². The number of hydrogen-bond donors (Lipinski definition) is 1. The van der Waals surface area contributed by atoms with E-state index in [-0.39, 0.29) is 10.5 Å². The van der Waals surface area contributed by atoms with Crippen LogP contribution in [0.2, 0.25) is 0 Å². The Bertz CT molecular complexity index is 1000. The van der Waals surface area contributed by atoms with Gasteiger partial charge in [-0.05, 0) is 51.8 Å². The standard InChI is InChI=1S/C17H14BrN3O3S/c18-15-7-1-2-8-16(15)25(23,24)20-17(22)14-6-3-5-13(11-14)12-21-10-4-9-19-21/h1-11H,12H2,(H,20,22). The van der Waals surface area contributed by atoms with Crippen LogP contribution in [0, 0.1) is 0 Å². The normalized spacial score (nSPS) is 11.2. The van der Waals surface area contributed by atoms with Crippen molar-refractivity contribution >= 4 is 31.9 Å². The minimum Gasteiger partial charge on any atom is -0.268 e. The lowest BCUT2D eigenvalue weighted by Crippen LogP contribution is -2.30. The maximum Gasteiger partial charge on any atom is 0.265 e. The van der Waals surface area contributed by atoms with E-state index in [1.54, 1.807) is 53.3 Å². The molecule has 1 amide bonds. The molecule has 6 nitrogen and oxygen atoms in total. The molecule has 3 aromatic rings. The van der Waals surface area contributed by atoms with Crippen molar-refractivity contribution in [1.82, 2.24) is 14.5 Å². The van der Waals surface area contributed by atoms with Gasteiger partial charge in [0.2, 0.25) is 0 Å². The van der Waals surface area contributed by atoms with Gasteiger partial charge in [-0.15, -0.1) is 0 Å². The van der Waals surface area contributed by atoms with Crippen LogP contribution in [-0.2, 0) is 16.6 Å². The Morgan fingerprint density at radius 1 is 1.12 bits per heavy atom. The number of aromatic nitrogens is 2. The third-order valence-corrected chi connectivity index (χ3v) is 5.79. The fraction of sp³-hybridized carbons (Fsp3) is 0.0588. The largest absolute Gasteiger partial charge is 0.268 e. The Labute approximate surface area is 153 Å². The second-order valence-corrected chi connectivity index (χ2v) is 7.77. The molecule has 0 atom stereocenters. The van der Waals surface area contributed by atoms with Gasteiger partial charge >= 0.3 is 0 Å². The molecule has 0 saturated heterocycles. The molecule has 8 heteroatoms. The highest BCUT2D eigenvalue weighted by molar-refractivity contribution is 9.10. The third-order valence-electron chi connectivity index (χ3n) is 3.45. The average Bonchev–Trinajstić information content (AvgIpc) is 3.08. The highest BCUT2D eigenvalue weighted by Gasteiger charge is 2.21. The fourth-order valence-electron chi connectivity index (χ4n) is 2.29. The van der Waals surface area contributed by atoms with Gasteiger partial charge in [0.05, 0.1) is 6.54 Å². The first-order chi connectivity index (χ1) is 12.0. The van der Waals surface area contributed by atoms with Crippen molar-refractivity contribution in [2.24, 2.45) is 0 Å². The van der Waals surface area contributed by atoms with E-state index in [0.717, 1.165) is 5.56 Å². The Hall–Kier alpha value is -2.45. The number of carbonyl (C=O) groups is 1. The SMILES string of the molecule is O=C(NS(=O)(=O)c1ccccc1Br)c1cccc(Cn2cccn2)c1. The van der Waals surface area contributed by atoms with Gasteiger partial charge in [-0.3, -0.25) is 9.48 Å². The topological polar surface area (TPSA) is 81.1 Å². The summed E-state index contributed by atoms with van der Waals surface area (Å²) >= 11 is 3.18. The molecule has 0 aliphatic carbocycles. The third kappa shape index (κ3) is 4.15. The van der Waals surface area contributed by atoms with Crippen LogP contribution < -0.4 is 4.72 Å². The van der Waals surface area contributed by atoms with Crippen LogP contribution in [-0.4, -0.2) is 24.1 Å². The van der Waals surface area contributed by atoms with E-state index < -0.39 is 15.9 Å². The molecule has 0 radical (unpaired) electrons. The van der Waals surface area contributed by atoms with Crippen LogP contribution in [0.5, 0.6) is 0 Å². The molecular weight excluding hydrogens is 406 g/mol. The molecule has 1 aromatic heterocycles. The average molecular weight is 420 g/mol. The van der Waals surface area contributed by atoms with Gasteiger partial charge in [0.15, 0.2) is 0 Å². The lowest BCUT2D eigenvalue weighted by atomic mass is 10.1. The second kappa shape index (κ2) is 7.20. The Morgan fingerprint density at radius 3 is 2.64 bits per heavy atom. The monoisotopic (exact) mass is 419 g/mol. The Morgan fingerprint density at radius 2 is 1.92 bits per heavy atom. The predicted molar refractivity (Wildman–Crippen MR) is 96.6 cm³/mol. The number of nitrogens with zero attached hydrogens (tertiary/aromatic N) is 2. The number of rotatable bonds is 5. The highest BCUT2D eigenvalue weighted by atomic mass is 79.9. The van der Waals surface area contributed by atoms with Crippen LogP contribution in [0.3, 0.4) is 0 Å². The van der Waals surface area contributed by atoms with Gasteiger partial charge in [-0.1, -0.05) is 24.3 Å². The molecule has 1 heterocycles. The van der Waals surface area contributed by atoms with Crippen molar-refractivity contribution in [2.75, 3.05) is 0 Å². The number of amides is 1. The summed E-state index contributed by atoms with van der Waals surface area (Å²) in [7, 11) is -3.97. The van der Waals surface area contributed by atoms with Gasteiger partial charge in [-0.25, -0.2) is 13.1 Å². The van der Waals surface area contributed by atoms with E-state index in [0.29, 0.717) is 11.0 Å². The zero-order valence-corrected chi connectivity index (χ0v) is 15.4. The lowest BCUT2D eigenvalue weighted by Gasteiger charge is -2.09. The van der Waals surface area contributed by atoms with Gasteiger partial charge in [0.1, 0.15) is 4.90 Å². The maximum absolute atomic E-state index is 12.4. The summed E-state index contributed by atoms with van der Waals surface area (Å²) in [6.45, 7) is 0.491.